The first-order valence-electron chi connectivity index (χ1n) is 8.27. The van der Waals surface area contributed by atoms with E-state index in [4.69, 9.17) is 5.11 Å². The van der Waals surface area contributed by atoms with Crippen molar-refractivity contribution in [3.8, 4) is 0 Å². The highest BCUT2D eigenvalue weighted by molar-refractivity contribution is 5.66. The van der Waals surface area contributed by atoms with E-state index in [9.17, 15) is 4.79 Å². The lowest BCUT2D eigenvalue weighted by molar-refractivity contribution is -0.137. The SMILES string of the molecule is O=C(O)CCC1CCC(CN2CCc3ccccc32)CC1. The van der Waals surface area contributed by atoms with E-state index >= 15 is 0 Å². The lowest BCUT2D eigenvalue weighted by Crippen LogP contribution is -2.30. The summed E-state index contributed by atoms with van der Waals surface area (Å²) in [6.45, 7) is 2.35. The number of hydrogen-bond donors (Lipinski definition) is 1. The number of nitrogens with zero attached hydrogens (tertiary/aromatic N) is 1. The molecule has 0 saturated heterocycles. The zero-order valence-corrected chi connectivity index (χ0v) is 12.6. The van der Waals surface area contributed by atoms with Crippen molar-refractivity contribution in [3.05, 3.63) is 29.8 Å². The Morgan fingerprint density at radius 2 is 1.86 bits per heavy atom. The van der Waals surface area contributed by atoms with Crippen molar-refractivity contribution < 1.29 is 9.90 Å². The number of para-hydroxylation sites is 1. The van der Waals surface area contributed by atoms with Crippen LogP contribution in [-0.2, 0) is 11.2 Å². The Morgan fingerprint density at radius 3 is 2.62 bits per heavy atom. The van der Waals surface area contributed by atoms with Gasteiger partial charge in [-0.3, -0.25) is 4.79 Å². The number of fused-ring (bicyclic) bond motifs is 1. The average Bonchev–Trinajstić information content (AvgIpc) is 2.90. The van der Waals surface area contributed by atoms with Crippen molar-refractivity contribution in [2.75, 3.05) is 18.0 Å². The van der Waals surface area contributed by atoms with Crippen molar-refractivity contribution in [1.82, 2.24) is 0 Å². The maximum Gasteiger partial charge on any atom is 0.303 e. The van der Waals surface area contributed by atoms with Gasteiger partial charge in [0.05, 0.1) is 0 Å². The van der Waals surface area contributed by atoms with Gasteiger partial charge in [-0.25, -0.2) is 0 Å². The number of carboxylic acid groups (broad SMARTS) is 1. The zero-order chi connectivity index (χ0) is 14.7. The van der Waals surface area contributed by atoms with E-state index in [2.05, 4.69) is 29.2 Å². The fraction of sp³-hybridized carbons (Fsp3) is 0.611. The lowest BCUT2D eigenvalue weighted by Gasteiger charge is -2.32. The second-order valence-electron chi connectivity index (χ2n) is 6.64. The molecule has 3 nitrogen and oxygen atoms in total. The van der Waals surface area contributed by atoms with E-state index in [1.807, 2.05) is 0 Å². The van der Waals surface area contributed by atoms with Crippen LogP contribution in [0.5, 0.6) is 0 Å². The molecule has 1 aromatic rings. The number of rotatable bonds is 5. The van der Waals surface area contributed by atoms with Gasteiger partial charge < -0.3 is 10.0 Å². The third kappa shape index (κ3) is 3.58. The molecule has 1 fully saturated rings. The molecule has 0 atom stereocenters. The summed E-state index contributed by atoms with van der Waals surface area (Å²) >= 11 is 0. The van der Waals surface area contributed by atoms with Crippen LogP contribution in [0, 0.1) is 11.8 Å². The Labute approximate surface area is 127 Å². The topological polar surface area (TPSA) is 40.5 Å². The van der Waals surface area contributed by atoms with E-state index in [0.29, 0.717) is 12.3 Å². The summed E-state index contributed by atoms with van der Waals surface area (Å²) in [5, 5.41) is 8.77. The molecule has 0 aromatic heterocycles. The number of aliphatic carboxylic acids is 1. The van der Waals surface area contributed by atoms with E-state index < -0.39 is 5.97 Å². The second-order valence-corrected chi connectivity index (χ2v) is 6.64. The minimum absolute atomic E-state index is 0.342. The quantitative estimate of drug-likeness (QED) is 0.897. The number of carboxylic acids is 1. The summed E-state index contributed by atoms with van der Waals surface area (Å²) in [6, 6.07) is 8.77. The van der Waals surface area contributed by atoms with Gasteiger partial charge in [0.15, 0.2) is 0 Å². The van der Waals surface area contributed by atoms with Crippen molar-refractivity contribution in [2.45, 2.75) is 44.9 Å². The van der Waals surface area contributed by atoms with Gasteiger partial charge in [0.1, 0.15) is 0 Å². The van der Waals surface area contributed by atoms with Gasteiger partial charge >= 0.3 is 5.97 Å². The summed E-state index contributed by atoms with van der Waals surface area (Å²) in [4.78, 5) is 13.2. The van der Waals surface area contributed by atoms with Gasteiger partial charge in [0.25, 0.3) is 0 Å². The molecule has 1 heterocycles. The van der Waals surface area contributed by atoms with Gasteiger partial charge in [-0.15, -0.1) is 0 Å². The molecule has 1 aliphatic carbocycles. The molecule has 2 aliphatic rings. The van der Waals surface area contributed by atoms with Gasteiger partial charge in [0, 0.05) is 25.2 Å². The number of anilines is 1. The first-order valence-corrected chi connectivity index (χ1v) is 8.27. The molecular formula is C18H25NO2. The maximum absolute atomic E-state index is 10.6. The fourth-order valence-corrected chi connectivity index (χ4v) is 3.94. The molecule has 0 spiro atoms. The molecule has 3 rings (SSSR count). The molecule has 1 N–H and O–H groups in total. The van der Waals surface area contributed by atoms with Crippen LogP contribution in [0.2, 0.25) is 0 Å². The van der Waals surface area contributed by atoms with Crippen LogP contribution in [0.3, 0.4) is 0 Å². The summed E-state index contributed by atoms with van der Waals surface area (Å²) in [5.41, 5.74) is 2.93. The smallest absolute Gasteiger partial charge is 0.303 e. The molecule has 0 radical (unpaired) electrons. The number of benzene rings is 1. The molecular weight excluding hydrogens is 262 g/mol. The van der Waals surface area contributed by atoms with Crippen molar-refractivity contribution >= 4 is 11.7 Å². The van der Waals surface area contributed by atoms with E-state index in [-0.39, 0.29) is 0 Å². The minimum Gasteiger partial charge on any atom is -0.481 e. The minimum atomic E-state index is -0.647. The molecule has 1 aromatic carbocycles. The van der Waals surface area contributed by atoms with Crippen molar-refractivity contribution in [2.24, 2.45) is 11.8 Å². The standard InChI is InChI=1S/C18H25NO2/c20-18(21)10-9-14-5-7-15(8-6-14)13-19-12-11-16-3-1-2-4-17(16)19/h1-4,14-15H,5-13H2,(H,20,21). The summed E-state index contributed by atoms with van der Waals surface area (Å²) < 4.78 is 0. The lowest BCUT2D eigenvalue weighted by atomic mass is 9.80. The Bertz CT molecular complexity index is 492. The van der Waals surface area contributed by atoms with Gasteiger partial charge in [-0.1, -0.05) is 31.0 Å². The molecule has 21 heavy (non-hydrogen) atoms. The third-order valence-electron chi connectivity index (χ3n) is 5.19. The van der Waals surface area contributed by atoms with E-state index in [1.54, 1.807) is 0 Å². The molecule has 114 valence electrons. The monoisotopic (exact) mass is 287 g/mol. The summed E-state index contributed by atoms with van der Waals surface area (Å²) in [5.74, 6) is 0.784. The van der Waals surface area contributed by atoms with Gasteiger partial charge in [0.2, 0.25) is 0 Å². The first-order chi connectivity index (χ1) is 10.2. The Kier molecular flexibility index (Phi) is 4.47. The van der Waals surface area contributed by atoms with Gasteiger partial charge in [-0.05, 0) is 49.1 Å². The number of hydrogen-bond acceptors (Lipinski definition) is 2. The van der Waals surface area contributed by atoms with Crippen molar-refractivity contribution in [1.29, 1.82) is 0 Å². The second kappa shape index (κ2) is 6.50. The van der Waals surface area contributed by atoms with Crippen LogP contribution in [0.25, 0.3) is 0 Å². The Hall–Kier alpha value is -1.51. The highest BCUT2D eigenvalue weighted by Crippen LogP contribution is 2.35. The Balaban J connectivity index is 1.47. The number of carbonyl (C=O) groups is 1. The van der Waals surface area contributed by atoms with Crippen LogP contribution < -0.4 is 4.90 Å². The Morgan fingerprint density at radius 1 is 1.14 bits per heavy atom. The van der Waals surface area contributed by atoms with Crippen LogP contribution in [0.15, 0.2) is 24.3 Å². The van der Waals surface area contributed by atoms with E-state index in [0.717, 1.165) is 18.9 Å². The molecule has 0 unspecified atom stereocenters. The van der Waals surface area contributed by atoms with Crippen LogP contribution in [0.4, 0.5) is 5.69 Å². The molecule has 0 bridgehead atoms. The van der Waals surface area contributed by atoms with Crippen molar-refractivity contribution in [3.63, 3.8) is 0 Å². The molecule has 1 saturated carbocycles. The molecule has 0 amide bonds. The largest absolute Gasteiger partial charge is 0.481 e. The van der Waals surface area contributed by atoms with E-state index in [1.165, 1.54) is 49.9 Å². The van der Waals surface area contributed by atoms with Crippen LogP contribution in [0.1, 0.15) is 44.1 Å². The highest BCUT2D eigenvalue weighted by Gasteiger charge is 2.26. The predicted molar refractivity (Wildman–Crippen MR) is 84.7 cm³/mol. The van der Waals surface area contributed by atoms with Crippen LogP contribution in [-0.4, -0.2) is 24.2 Å². The highest BCUT2D eigenvalue weighted by atomic mass is 16.4. The third-order valence-corrected chi connectivity index (χ3v) is 5.19. The molecule has 3 heteroatoms. The maximum atomic E-state index is 10.6. The fourth-order valence-electron chi connectivity index (χ4n) is 3.94. The summed E-state index contributed by atoms with van der Waals surface area (Å²) in [7, 11) is 0. The normalized spacial score (nSPS) is 24.9. The molecule has 1 aliphatic heterocycles. The van der Waals surface area contributed by atoms with Crippen LogP contribution >= 0.6 is 0 Å². The van der Waals surface area contributed by atoms with Gasteiger partial charge in [-0.2, -0.15) is 0 Å². The first kappa shape index (κ1) is 14.4. The zero-order valence-electron chi connectivity index (χ0n) is 12.6. The summed E-state index contributed by atoms with van der Waals surface area (Å²) in [6.07, 6.45) is 7.36. The predicted octanol–water partition coefficient (Wildman–Crippen LogP) is 3.72. The average molecular weight is 287 g/mol.